The van der Waals surface area contributed by atoms with Gasteiger partial charge in [0.2, 0.25) is 5.91 Å². The van der Waals surface area contributed by atoms with Crippen molar-refractivity contribution in [3.63, 3.8) is 0 Å². The molecule has 0 aromatic heterocycles. The zero-order chi connectivity index (χ0) is 12.4. The van der Waals surface area contributed by atoms with Gasteiger partial charge in [0.25, 0.3) is 0 Å². The molecule has 1 unspecified atom stereocenters. The Labute approximate surface area is 116 Å². The third-order valence-corrected chi connectivity index (χ3v) is 3.57. The van der Waals surface area contributed by atoms with Gasteiger partial charge < -0.3 is 4.90 Å². The molecule has 1 amide bonds. The summed E-state index contributed by atoms with van der Waals surface area (Å²) in [5.74, 6) is 0.179. The molecule has 0 aliphatic carbocycles. The second-order valence-corrected chi connectivity index (χ2v) is 5.83. The highest BCUT2D eigenvalue weighted by Crippen LogP contribution is 2.21. The van der Waals surface area contributed by atoms with Crippen LogP contribution in [0.1, 0.15) is 12.0 Å². The van der Waals surface area contributed by atoms with Crippen LogP contribution in [0.2, 0.25) is 10.0 Å². The maximum absolute atomic E-state index is 11.6. The van der Waals surface area contributed by atoms with Crippen LogP contribution in [0.3, 0.4) is 0 Å². The van der Waals surface area contributed by atoms with Crippen molar-refractivity contribution in [3.05, 3.63) is 33.8 Å². The van der Waals surface area contributed by atoms with E-state index in [2.05, 4.69) is 12.6 Å². The summed E-state index contributed by atoms with van der Waals surface area (Å²) in [6.45, 7) is 1.43. The van der Waals surface area contributed by atoms with Crippen LogP contribution in [0.15, 0.2) is 18.2 Å². The van der Waals surface area contributed by atoms with Crippen molar-refractivity contribution < 1.29 is 4.79 Å². The van der Waals surface area contributed by atoms with Gasteiger partial charge in [-0.3, -0.25) is 4.79 Å². The van der Waals surface area contributed by atoms with Crippen LogP contribution in [0.25, 0.3) is 0 Å². The summed E-state index contributed by atoms with van der Waals surface area (Å²) in [6.07, 6.45) is 1.31. The highest BCUT2D eigenvalue weighted by Gasteiger charge is 2.26. The largest absolute Gasteiger partial charge is 0.341 e. The van der Waals surface area contributed by atoms with Crippen LogP contribution < -0.4 is 0 Å². The van der Waals surface area contributed by atoms with Crippen molar-refractivity contribution >= 4 is 41.7 Å². The van der Waals surface area contributed by atoms with Crippen LogP contribution >= 0.6 is 35.8 Å². The van der Waals surface area contributed by atoms with Crippen LogP contribution in [0, 0.1) is 0 Å². The number of nitrogens with zero attached hydrogens (tertiary/aromatic N) is 1. The maximum Gasteiger partial charge on any atom is 0.223 e. The Morgan fingerprint density at radius 2 is 1.94 bits per heavy atom. The molecule has 2 rings (SSSR count). The van der Waals surface area contributed by atoms with Crippen molar-refractivity contribution in [2.45, 2.75) is 18.1 Å². The normalized spacial score (nSPS) is 20.1. The standard InChI is InChI=1S/C12H13Cl2NOS/c13-9-3-8(4-10(14)5-9)1-2-15-7-11(17)6-12(15)16/h3-5,11,17H,1-2,6-7H2. The van der Waals surface area contributed by atoms with Crippen molar-refractivity contribution in [2.75, 3.05) is 13.1 Å². The average Bonchev–Trinajstić information content (AvgIpc) is 2.53. The Balaban J connectivity index is 1.96. The van der Waals surface area contributed by atoms with Gasteiger partial charge in [0.15, 0.2) is 0 Å². The molecule has 0 spiro atoms. The molecular weight excluding hydrogens is 277 g/mol. The van der Waals surface area contributed by atoms with E-state index in [1.165, 1.54) is 0 Å². The summed E-state index contributed by atoms with van der Waals surface area (Å²) in [4.78, 5) is 13.4. The molecule has 1 aromatic rings. The van der Waals surface area contributed by atoms with Gasteiger partial charge >= 0.3 is 0 Å². The van der Waals surface area contributed by atoms with Gasteiger partial charge in [-0.15, -0.1) is 0 Å². The van der Waals surface area contributed by atoms with Gasteiger partial charge in [-0.25, -0.2) is 0 Å². The van der Waals surface area contributed by atoms with E-state index in [9.17, 15) is 4.79 Å². The molecule has 0 bridgehead atoms. The van der Waals surface area contributed by atoms with Gasteiger partial charge in [-0.05, 0) is 30.2 Å². The van der Waals surface area contributed by atoms with E-state index < -0.39 is 0 Å². The molecule has 1 heterocycles. The number of halogens is 2. The molecule has 5 heteroatoms. The van der Waals surface area contributed by atoms with Crippen LogP contribution in [-0.4, -0.2) is 29.1 Å². The lowest BCUT2D eigenvalue weighted by Gasteiger charge is -2.15. The predicted octanol–water partition coefficient (Wildman–Crippen LogP) is 3.07. The Morgan fingerprint density at radius 1 is 1.29 bits per heavy atom. The highest BCUT2D eigenvalue weighted by atomic mass is 35.5. The topological polar surface area (TPSA) is 20.3 Å². The molecule has 0 radical (unpaired) electrons. The van der Waals surface area contributed by atoms with E-state index in [1.807, 2.05) is 17.0 Å². The molecular formula is C12H13Cl2NOS. The zero-order valence-electron chi connectivity index (χ0n) is 9.20. The predicted molar refractivity (Wildman–Crippen MR) is 74.1 cm³/mol. The molecule has 1 atom stereocenters. The number of hydrogen-bond acceptors (Lipinski definition) is 2. The first-order valence-corrected chi connectivity index (χ1v) is 6.72. The van der Waals surface area contributed by atoms with Crippen LogP contribution in [0.5, 0.6) is 0 Å². The molecule has 1 fully saturated rings. The number of amides is 1. The smallest absolute Gasteiger partial charge is 0.223 e. The Hall–Kier alpha value is -0.380. The second-order valence-electron chi connectivity index (χ2n) is 4.23. The number of hydrogen-bond donors (Lipinski definition) is 1. The van der Waals surface area contributed by atoms with E-state index in [1.54, 1.807) is 6.07 Å². The fourth-order valence-corrected chi connectivity index (χ4v) is 2.91. The zero-order valence-corrected chi connectivity index (χ0v) is 11.6. The minimum atomic E-state index is 0.172. The van der Waals surface area contributed by atoms with Crippen molar-refractivity contribution in [1.82, 2.24) is 4.90 Å². The lowest BCUT2D eigenvalue weighted by molar-refractivity contribution is -0.127. The van der Waals surface area contributed by atoms with E-state index in [0.717, 1.165) is 18.5 Å². The first-order chi connectivity index (χ1) is 8.04. The fraction of sp³-hybridized carbons (Fsp3) is 0.417. The van der Waals surface area contributed by atoms with Gasteiger partial charge in [-0.1, -0.05) is 23.2 Å². The lowest BCUT2D eigenvalue weighted by atomic mass is 10.1. The summed E-state index contributed by atoms with van der Waals surface area (Å²) < 4.78 is 0. The van der Waals surface area contributed by atoms with Gasteiger partial charge in [-0.2, -0.15) is 12.6 Å². The highest BCUT2D eigenvalue weighted by molar-refractivity contribution is 7.81. The number of likely N-dealkylation sites (tertiary alicyclic amines) is 1. The van der Waals surface area contributed by atoms with Crippen LogP contribution in [-0.2, 0) is 11.2 Å². The Bertz CT molecular complexity index is 418. The number of carbonyl (C=O) groups excluding carboxylic acids is 1. The summed E-state index contributed by atoms with van der Waals surface area (Å²) in [7, 11) is 0. The van der Waals surface area contributed by atoms with Crippen molar-refractivity contribution in [3.8, 4) is 0 Å². The third-order valence-electron chi connectivity index (χ3n) is 2.79. The summed E-state index contributed by atoms with van der Waals surface area (Å²) in [5.41, 5.74) is 1.05. The quantitative estimate of drug-likeness (QED) is 0.848. The minimum absolute atomic E-state index is 0.172. The number of rotatable bonds is 3. The number of thiol groups is 1. The third kappa shape index (κ3) is 3.54. The SMILES string of the molecule is O=C1CC(S)CN1CCc1cc(Cl)cc(Cl)c1. The molecule has 17 heavy (non-hydrogen) atoms. The van der Waals surface area contributed by atoms with E-state index in [4.69, 9.17) is 23.2 Å². The molecule has 2 nitrogen and oxygen atoms in total. The average molecular weight is 290 g/mol. The summed E-state index contributed by atoms with van der Waals surface area (Å²) in [6, 6.07) is 5.47. The minimum Gasteiger partial charge on any atom is -0.341 e. The van der Waals surface area contributed by atoms with Gasteiger partial charge in [0.05, 0.1) is 0 Å². The summed E-state index contributed by atoms with van der Waals surface area (Å²) in [5, 5.41) is 1.44. The van der Waals surface area contributed by atoms with Gasteiger partial charge in [0.1, 0.15) is 0 Å². The molecule has 1 aliphatic heterocycles. The Morgan fingerprint density at radius 3 is 2.47 bits per heavy atom. The van der Waals surface area contributed by atoms with E-state index >= 15 is 0 Å². The monoisotopic (exact) mass is 289 g/mol. The van der Waals surface area contributed by atoms with E-state index in [0.29, 0.717) is 23.0 Å². The lowest BCUT2D eigenvalue weighted by Crippen LogP contribution is -2.27. The number of benzene rings is 1. The molecule has 1 saturated heterocycles. The number of carbonyl (C=O) groups is 1. The van der Waals surface area contributed by atoms with Gasteiger partial charge in [0, 0.05) is 34.8 Å². The Kier molecular flexibility index (Phi) is 4.23. The van der Waals surface area contributed by atoms with E-state index in [-0.39, 0.29) is 11.2 Å². The molecule has 0 N–H and O–H groups in total. The maximum atomic E-state index is 11.6. The molecule has 0 saturated carbocycles. The molecule has 92 valence electrons. The first-order valence-electron chi connectivity index (χ1n) is 5.45. The molecule has 1 aromatic carbocycles. The molecule has 1 aliphatic rings. The fourth-order valence-electron chi connectivity index (χ4n) is 1.99. The summed E-state index contributed by atoms with van der Waals surface area (Å²) >= 11 is 16.2. The van der Waals surface area contributed by atoms with Crippen LogP contribution in [0.4, 0.5) is 0 Å². The van der Waals surface area contributed by atoms with Crippen molar-refractivity contribution in [2.24, 2.45) is 0 Å². The van der Waals surface area contributed by atoms with Crippen molar-refractivity contribution in [1.29, 1.82) is 0 Å². The second kappa shape index (κ2) is 5.51. The first kappa shape index (κ1) is 13.1.